The van der Waals surface area contributed by atoms with Gasteiger partial charge in [0.25, 0.3) is 0 Å². The van der Waals surface area contributed by atoms with E-state index in [-0.39, 0.29) is 11.3 Å². The molecule has 0 bridgehead atoms. The fourth-order valence-corrected chi connectivity index (χ4v) is 2.36. The number of aromatic nitrogens is 2. The molecule has 0 saturated heterocycles. The number of hydrogen-bond acceptors (Lipinski definition) is 5. The highest BCUT2D eigenvalue weighted by Gasteiger charge is 2.24. The number of aryl methyl sites for hydroxylation is 1. The van der Waals surface area contributed by atoms with Crippen molar-refractivity contribution in [2.45, 2.75) is 53.4 Å². The van der Waals surface area contributed by atoms with Crippen molar-refractivity contribution in [3.63, 3.8) is 0 Å². The lowest BCUT2D eigenvalue weighted by Gasteiger charge is -2.30. The molecule has 0 spiro atoms. The lowest BCUT2D eigenvalue weighted by molar-refractivity contribution is -0.121. The van der Waals surface area contributed by atoms with Gasteiger partial charge in [-0.05, 0) is 37.6 Å². The Morgan fingerprint density at radius 1 is 1.38 bits per heavy atom. The molecule has 1 rings (SSSR count). The summed E-state index contributed by atoms with van der Waals surface area (Å²) in [5.41, 5.74) is 5.84. The minimum Gasteiger partial charge on any atom is -0.356 e. The van der Waals surface area contributed by atoms with Crippen LogP contribution in [0.15, 0.2) is 4.52 Å². The van der Waals surface area contributed by atoms with Crippen LogP contribution >= 0.6 is 0 Å². The van der Waals surface area contributed by atoms with Crippen LogP contribution < -0.4 is 11.1 Å². The molecule has 0 fully saturated rings. The quantitative estimate of drug-likeness (QED) is 0.763. The van der Waals surface area contributed by atoms with Gasteiger partial charge in [0.1, 0.15) is 0 Å². The highest BCUT2D eigenvalue weighted by molar-refractivity contribution is 5.75. The third-order valence-electron chi connectivity index (χ3n) is 3.69. The molecule has 0 saturated carbocycles. The second-order valence-electron chi connectivity index (χ2n) is 6.51. The Balaban J connectivity index is 2.26. The second kappa shape index (κ2) is 8.12. The Bertz CT molecular complexity index is 437. The summed E-state index contributed by atoms with van der Waals surface area (Å²) in [4.78, 5) is 16.0. The second-order valence-corrected chi connectivity index (χ2v) is 6.51. The van der Waals surface area contributed by atoms with Crippen molar-refractivity contribution in [1.29, 1.82) is 0 Å². The number of nitrogens with two attached hydrogens (primary N) is 1. The molecule has 0 aromatic carbocycles. The fraction of sp³-hybridized carbons (Fsp3) is 0.800. The van der Waals surface area contributed by atoms with E-state index >= 15 is 0 Å². The molecule has 1 heterocycles. The zero-order chi connectivity index (χ0) is 15.9. The average molecular weight is 296 g/mol. The van der Waals surface area contributed by atoms with Crippen LogP contribution in [0.5, 0.6) is 0 Å². The summed E-state index contributed by atoms with van der Waals surface area (Å²) in [6.45, 7) is 9.56. The Morgan fingerprint density at radius 3 is 2.62 bits per heavy atom. The first-order valence-corrected chi connectivity index (χ1v) is 7.59. The van der Waals surface area contributed by atoms with Gasteiger partial charge in [0.2, 0.25) is 11.8 Å². The number of nitrogens with zero attached hydrogens (tertiary/aromatic N) is 2. The molecule has 1 amide bonds. The van der Waals surface area contributed by atoms with Crippen LogP contribution in [0.3, 0.4) is 0 Å². The van der Waals surface area contributed by atoms with E-state index in [0.717, 1.165) is 12.8 Å². The molecular formula is C15H28N4O2. The maximum Gasteiger partial charge on any atom is 0.228 e. The number of amides is 1. The van der Waals surface area contributed by atoms with E-state index in [1.807, 2.05) is 0 Å². The van der Waals surface area contributed by atoms with Crippen molar-refractivity contribution < 1.29 is 9.32 Å². The van der Waals surface area contributed by atoms with Gasteiger partial charge >= 0.3 is 0 Å². The van der Waals surface area contributed by atoms with Crippen molar-refractivity contribution in [2.24, 2.45) is 17.1 Å². The van der Waals surface area contributed by atoms with E-state index in [2.05, 4.69) is 36.2 Å². The molecule has 1 unspecified atom stereocenters. The van der Waals surface area contributed by atoms with Crippen LogP contribution in [-0.4, -0.2) is 29.1 Å². The normalized spacial score (nSPS) is 13.2. The van der Waals surface area contributed by atoms with Crippen LogP contribution in [0.25, 0.3) is 0 Å². The van der Waals surface area contributed by atoms with E-state index in [1.54, 1.807) is 6.92 Å². The first kappa shape index (κ1) is 17.6. The fourth-order valence-electron chi connectivity index (χ4n) is 2.36. The number of carbonyl (C=O) groups excluding carboxylic acids is 1. The van der Waals surface area contributed by atoms with Gasteiger partial charge in [0, 0.05) is 19.4 Å². The van der Waals surface area contributed by atoms with E-state index in [1.165, 1.54) is 0 Å². The van der Waals surface area contributed by atoms with E-state index in [4.69, 9.17) is 10.3 Å². The van der Waals surface area contributed by atoms with Gasteiger partial charge in [-0.25, -0.2) is 0 Å². The average Bonchev–Trinajstić information content (AvgIpc) is 2.79. The predicted octanol–water partition coefficient (Wildman–Crippen LogP) is 1.83. The van der Waals surface area contributed by atoms with E-state index < -0.39 is 0 Å². The number of carbonyl (C=O) groups is 1. The van der Waals surface area contributed by atoms with Gasteiger partial charge in [-0.2, -0.15) is 4.98 Å². The van der Waals surface area contributed by atoms with Crippen molar-refractivity contribution in [3.05, 3.63) is 11.7 Å². The van der Waals surface area contributed by atoms with Crippen LogP contribution in [0.1, 0.15) is 51.7 Å². The zero-order valence-corrected chi connectivity index (χ0v) is 13.6. The molecule has 0 aliphatic heterocycles. The molecule has 21 heavy (non-hydrogen) atoms. The van der Waals surface area contributed by atoms with Crippen LogP contribution in [0.4, 0.5) is 0 Å². The highest BCUT2D eigenvalue weighted by atomic mass is 16.5. The summed E-state index contributed by atoms with van der Waals surface area (Å²) in [7, 11) is 0. The third kappa shape index (κ3) is 6.71. The molecule has 0 radical (unpaired) electrons. The summed E-state index contributed by atoms with van der Waals surface area (Å²) in [6.07, 6.45) is 2.92. The van der Waals surface area contributed by atoms with E-state index in [9.17, 15) is 4.79 Å². The Morgan fingerprint density at radius 2 is 2.10 bits per heavy atom. The van der Waals surface area contributed by atoms with Gasteiger partial charge in [0.15, 0.2) is 5.82 Å². The molecule has 3 N–H and O–H groups in total. The summed E-state index contributed by atoms with van der Waals surface area (Å²) in [6, 6.07) is 0. The number of rotatable bonds is 8. The predicted molar refractivity (Wildman–Crippen MR) is 81.6 cm³/mol. The topological polar surface area (TPSA) is 94.0 Å². The SMILES string of the molecule is Cc1noc(CCNC(=O)CCC(CCN)C(C)(C)C)n1. The van der Waals surface area contributed by atoms with E-state index in [0.29, 0.717) is 43.6 Å². The summed E-state index contributed by atoms with van der Waals surface area (Å²) in [5, 5.41) is 6.60. The van der Waals surface area contributed by atoms with Crippen LogP contribution in [-0.2, 0) is 11.2 Å². The van der Waals surface area contributed by atoms with Crippen molar-refractivity contribution in [2.75, 3.05) is 13.1 Å². The lowest BCUT2D eigenvalue weighted by Crippen LogP contribution is -2.29. The zero-order valence-electron chi connectivity index (χ0n) is 13.6. The lowest BCUT2D eigenvalue weighted by atomic mass is 9.76. The largest absolute Gasteiger partial charge is 0.356 e. The molecule has 120 valence electrons. The van der Waals surface area contributed by atoms with Crippen LogP contribution in [0.2, 0.25) is 0 Å². The van der Waals surface area contributed by atoms with Gasteiger partial charge < -0.3 is 15.6 Å². The van der Waals surface area contributed by atoms with Crippen molar-refractivity contribution in [3.8, 4) is 0 Å². The first-order valence-electron chi connectivity index (χ1n) is 7.59. The standard InChI is InChI=1S/C15H28N4O2/c1-11-18-14(21-19-11)8-10-17-13(20)6-5-12(7-9-16)15(2,3)4/h12H,5-10,16H2,1-4H3,(H,17,20). The maximum absolute atomic E-state index is 11.9. The minimum atomic E-state index is 0.0671. The molecule has 6 heteroatoms. The minimum absolute atomic E-state index is 0.0671. The van der Waals surface area contributed by atoms with Crippen molar-refractivity contribution in [1.82, 2.24) is 15.5 Å². The number of hydrogen-bond donors (Lipinski definition) is 2. The smallest absolute Gasteiger partial charge is 0.228 e. The summed E-state index contributed by atoms with van der Waals surface area (Å²) in [5.74, 6) is 1.71. The van der Waals surface area contributed by atoms with Crippen LogP contribution in [0, 0.1) is 18.3 Å². The molecule has 6 nitrogen and oxygen atoms in total. The highest BCUT2D eigenvalue weighted by Crippen LogP contribution is 2.31. The summed E-state index contributed by atoms with van der Waals surface area (Å²) >= 11 is 0. The Labute approximate surface area is 126 Å². The molecule has 0 aliphatic rings. The molecule has 0 aliphatic carbocycles. The summed E-state index contributed by atoms with van der Waals surface area (Å²) < 4.78 is 4.99. The van der Waals surface area contributed by atoms with Gasteiger partial charge in [-0.1, -0.05) is 25.9 Å². The first-order chi connectivity index (χ1) is 9.82. The molecule has 1 aromatic heterocycles. The molecule has 1 atom stereocenters. The molecular weight excluding hydrogens is 268 g/mol. The Kier molecular flexibility index (Phi) is 6.81. The van der Waals surface area contributed by atoms with Gasteiger partial charge in [-0.15, -0.1) is 0 Å². The maximum atomic E-state index is 11.9. The third-order valence-corrected chi connectivity index (χ3v) is 3.69. The van der Waals surface area contributed by atoms with Gasteiger partial charge in [0.05, 0.1) is 0 Å². The Hall–Kier alpha value is -1.43. The van der Waals surface area contributed by atoms with Gasteiger partial charge in [-0.3, -0.25) is 4.79 Å². The van der Waals surface area contributed by atoms with Crippen molar-refractivity contribution >= 4 is 5.91 Å². The monoisotopic (exact) mass is 296 g/mol. The number of nitrogens with one attached hydrogen (secondary N) is 1. The molecule has 1 aromatic rings.